The number of carboxylic acid groups (broad SMARTS) is 1. The lowest BCUT2D eigenvalue weighted by Gasteiger charge is -2.11. The molecule has 1 N–H and O–H groups in total. The summed E-state index contributed by atoms with van der Waals surface area (Å²) in [5, 5.41) is 8.95. The molecular formula is C15H12BrFO3. The van der Waals surface area contributed by atoms with E-state index in [-0.39, 0.29) is 18.0 Å². The monoisotopic (exact) mass is 338 g/mol. The second-order valence-electron chi connectivity index (χ2n) is 4.31. The van der Waals surface area contributed by atoms with Crippen molar-refractivity contribution in [3.05, 3.63) is 63.4 Å². The zero-order chi connectivity index (χ0) is 14.7. The first-order valence-corrected chi connectivity index (χ1v) is 6.67. The van der Waals surface area contributed by atoms with E-state index in [9.17, 15) is 9.18 Å². The molecule has 3 nitrogen and oxygen atoms in total. The number of aryl methyl sites for hydroxylation is 1. The Kier molecular flexibility index (Phi) is 4.39. The predicted octanol–water partition coefficient (Wildman–Crippen LogP) is 4.17. The fraction of sp³-hybridized carbons (Fsp3) is 0.133. The van der Waals surface area contributed by atoms with Crippen LogP contribution >= 0.6 is 15.9 Å². The summed E-state index contributed by atoms with van der Waals surface area (Å²) >= 11 is 3.32. The number of carboxylic acids is 1. The van der Waals surface area contributed by atoms with E-state index in [1.54, 1.807) is 12.1 Å². The molecule has 2 aromatic rings. The second-order valence-corrected chi connectivity index (χ2v) is 5.16. The molecule has 5 heteroatoms. The van der Waals surface area contributed by atoms with Crippen LogP contribution in [0.1, 0.15) is 21.5 Å². The summed E-state index contributed by atoms with van der Waals surface area (Å²) in [6, 6.07) is 8.99. The molecule has 0 aliphatic heterocycles. The molecule has 0 bridgehead atoms. The van der Waals surface area contributed by atoms with Gasteiger partial charge in [0.15, 0.2) is 0 Å². The molecular weight excluding hydrogens is 327 g/mol. The van der Waals surface area contributed by atoms with Crippen molar-refractivity contribution in [1.82, 2.24) is 0 Å². The maximum Gasteiger partial charge on any atom is 0.335 e. The van der Waals surface area contributed by atoms with Crippen molar-refractivity contribution < 1.29 is 19.0 Å². The van der Waals surface area contributed by atoms with Crippen LogP contribution < -0.4 is 4.74 Å². The highest BCUT2D eigenvalue weighted by molar-refractivity contribution is 9.10. The zero-order valence-electron chi connectivity index (χ0n) is 10.7. The molecule has 0 atom stereocenters. The minimum atomic E-state index is -1.01. The van der Waals surface area contributed by atoms with Gasteiger partial charge in [0.1, 0.15) is 18.2 Å². The van der Waals surface area contributed by atoms with Gasteiger partial charge >= 0.3 is 5.97 Å². The van der Waals surface area contributed by atoms with Crippen LogP contribution in [0.25, 0.3) is 0 Å². The molecule has 0 fully saturated rings. The van der Waals surface area contributed by atoms with E-state index in [2.05, 4.69) is 15.9 Å². The molecule has 2 rings (SSSR count). The van der Waals surface area contributed by atoms with Gasteiger partial charge < -0.3 is 9.84 Å². The summed E-state index contributed by atoms with van der Waals surface area (Å²) in [7, 11) is 0. The first-order valence-electron chi connectivity index (χ1n) is 5.88. The van der Waals surface area contributed by atoms with Gasteiger partial charge in [-0.3, -0.25) is 0 Å². The van der Waals surface area contributed by atoms with E-state index < -0.39 is 5.97 Å². The molecule has 0 aliphatic carbocycles. The third-order valence-electron chi connectivity index (χ3n) is 2.83. The number of aromatic carboxylic acids is 1. The Labute approximate surface area is 124 Å². The highest BCUT2D eigenvalue weighted by atomic mass is 79.9. The Bertz CT molecular complexity index is 656. The molecule has 0 aliphatic rings. The molecule has 0 saturated heterocycles. The summed E-state index contributed by atoms with van der Waals surface area (Å²) in [6.07, 6.45) is 0. The van der Waals surface area contributed by atoms with Crippen molar-refractivity contribution >= 4 is 21.9 Å². The van der Waals surface area contributed by atoms with Gasteiger partial charge in [0, 0.05) is 10.0 Å². The summed E-state index contributed by atoms with van der Waals surface area (Å²) < 4.78 is 19.5. The van der Waals surface area contributed by atoms with E-state index in [1.165, 1.54) is 24.3 Å². The lowest BCUT2D eigenvalue weighted by molar-refractivity contribution is 0.0696. The smallest absolute Gasteiger partial charge is 0.335 e. The molecule has 0 unspecified atom stereocenters. The van der Waals surface area contributed by atoms with Crippen LogP contribution in [0, 0.1) is 12.7 Å². The van der Waals surface area contributed by atoms with E-state index >= 15 is 0 Å². The molecule has 104 valence electrons. The number of rotatable bonds is 4. The molecule has 0 aromatic heterocycles. The third kappa shape index (κ3) is 3.36. The van der Waals surface area contributed by atoms with Crippen LogP contribution in [0.15, 0.2) is 40.9 Å². The average Bonchev–Trinajstić information content (AvgIpc) is 2.41. The van der Waals surface area contributed by atoms with E-state index in [0.717, 1.165) is 10.0 Å². The Morgan fingerprint density at radius 1 is 1.30 bits per heavy atom. The minimum Gasteiger partial charge on any atom is -0.489 e. The molecule has 0 radical (unpaired) electrons. The minimum absolute atomic E-state index is 0.155. The fourth-order valence-electron chi connectivity index (χ4n) is 1.70. The van der Waals surface area contributed by atoms with Gasteiger partial charge in [-0.25, -0.2) is 9.18 Å². The Morgan fingerprint density at radius 3 is 2.75 bits per heavy atom. The van der Waals surface area contributed by atoms with Crippen LogP contribution in [-0.4, -0.2) is 11.1 Å². The van der Waals surface area contributed by atoms with Crippen molar-refractivity contribution in [3.8, 4) is 5.75 Å². The summed E-state index contributed by atoms with van der Waals surface area (Å²) in [4.78, 5) is 10.9. The molecule has 0 saturated carbocycles. The average molecular weight is 339 g/mol. The quantitative estimate of drug-likeness (QED) is 0.909. The van der Waals surface area contributed by atoms with Crippen molar-refractivity contribution in [2.75, 3.05) is 0 Å². The first-order chi connectivity index (χ1) is 9.47. The first kappa shape index (κ1) is 14.5. The number of carbonyl (C=O) groups is 1. The predicted molar refractivity (Wildman–Crippen MR) is 76.6 cm³/mol. The van der Waals surface area contributed by atoms with Gasteiger partial charge in [-0.2, -0.15) is 0 Å². The van der Waals surface area contributed by atoms with E-state index in [1.807, 2.05) is 6.92 Å². The number of hydrogen-bond donors (Lipinski definition) is 1. The second kappa shape index (κ2) is 6.05. The normalized spacial score (nSPS) is 10.3. The standard InChI is InChI=1S/C15H12BrFO3/c1-9-2-3-10(15(18)19)7-14(9)20-8-11-6-12(17)4-5-13(11)16/h2-7H,8H2,1H3,(H,18,19). The van der Waals surface area contributed by atoms with Gasteiger partial charge in [0.25, 0.3) is 0 Å². The van der Waals surface area contributed by atoms with E-state index in [0.29, 0.717) is 11.3 Å². The summed E-state index contributed by atoms with van der Waals surface area (Å²) in [5.74, 6) is -0.884. The highest BCUT2D eigenvalue weighted by Crippen LogP contribution is 2.23. The van der Waals surface area contributed by atoms with Crippen molar-refractivity contribution in [2.24, 2.45) is 0 Å². The van der Waals surface area contributed by atoms with Crippen LogP contribution in [-0.2, 0) is 6.61 Å². The zero-order valence-corrected chi connectivity index (χ0v) is 12.3. The van der Waals surface area contributed by atoms with Gasteiger partial charge in [0.2, 0.25) is 0 Å². The fourth-order valence-corrected chi connectivity index (χ4v) is 2.06. The van der Waals surface area contributed by atoms with Crippen molar-refractivity contribution in [3.63, 3.8) is 0 Å². The number of benzene rings is 2. The number of halogens is 2. The Balaban J connectivity index is 2.20. The van der Waals surface area contributed by atoms with Crippen LogP contribution in [0.5, 0.6) is 5.75 Å². The lowest BCUT2D eigenvalue weighted by Crippen LogP contribution is -2.01. The summed E-state index contributed by atoms with van der Waals surface area (Å²) in [5.41, 5.74) is 1.64. The Morgan fingerprint density at radius 2 is 2.05 bits per heavy atom. The molecule has 0 heterocycles. The third-order valence-corrected chi connectivity index (χ3v) is 3.60. The Hall–Kier alpha value is -1.88. The number of ether oxygens (including phenoxy) is 1. The molecule has 0 amide bonds. The van der Waals surface area contributed by atoms with Gasteiger partial charge in [-0.1, -0.05) is 22.0 Å². The van der Waals surface area contributed by atoms with Gasteiger partial charge in [-0.15, -0.1) is 0 Å². The van der Waals surface area contributed by atoms with Gasteiger partial charge in [-0.05, 0) is 42.8 Å². The van der Waals surface area contributed by atoms with E-state index in [4.69, 9.17) is 9.84 Å². The van der Waals surface area contributed by atoms with Crippen LogP contribution in [0.4, 0.5) is 4.39 Å². The largest absolute Gasteiger partial charge is 0.489 e. The van der Waals surface area contributed by atoms with Crippen LogP contribution in [0.2, 0.25) is 0 Å². The molecule has 20 heavy (non-hydrogen) atoms. The maximum absolute atomic E-state index is 13.2. The SMILES string of the molecule is Cc1ccc(C(=O)O)cc1OCc1cc(F)ccc1Br. The lowest BCUT2D eigenvalue weighted by atomic mass is 10.1. The topological polar surface area (TPSA) is 46.5 Å². The molecule has 2 aromatic carbocycles. The van der Waals surface area contributed by atoms with Crippen LogP contribution in [0.3, 0.4) is 0 Å². The summed E-state index contributed by atoms with van der Waals surface area (Å²) in [6.45, 7) is 1.98. The van der Waals surface area contributed by atoms with Crippen molar-refractivity contribution in [1.29, 1.82) is 0 Å². The van der Waals surface area contributed by atoms with Gasteiger partial charge in [0.05, 0.1) is 5.56 Å². The number of hydrogen-bond acceptors (Lipinski definition) is 2. The maximum atomic E-state index is 13.2. The highest BCUT2D eigenvalue weighted by Gasteiger charge is 2.08. The van der Waals surface area contributed by atoms with Crippen molar-refractivity contribution in [2.45, 2.75) is 13.5 Å². The molecule has 0 spiro atoms.